The number of nitrogen functional groups attached to an aromatic ring is 1. The van der Waals surface area contributed by atoms with Gasteiger partial charge >= 0.3 is 12.2 Å². The Labute approximate surface area is 553 Å². The van der Waals surface area contributed by atoms with Crippen LogP contribution in [0.15, 0.2) is 54.6 Å². The van der Waals surface area contributed by atoms with Crippen molar-refractivity contribution in [2.75, 3.05) is 68.7 Å². The zero-order chi connectivity index (χ0) is 66.9. The van der Waals surface area contributed by atoms with Crippen LogP contribution >= 0.6 is 12.4 Å². The van der Waals surface area contributed by atoms with Crippen molar-refractivity contribution in [1.29, 1.82) is 0 Å². The van der Waals surface area contributed by atoms with E-state index in [0.29, 0.717) is 99.3 Å². The maximum Gasteiger partial charge on any atom is 0.410 e. The summed E-state index contributed by atoms with van der Waals surface area (Å²) in [6.45, 7) is 18.6. The van der Waals surface area contributed by atoms with E-state index in [4.69, 9.17) is 15.2 Å². The number of nitrogens with zero attached hydrogens (tertiary/aromatic N) is 5. The molecule has 9 heterocycles. The van der Waals surface area contributed by atoms with Crippen LogP contribution in [0.1, 0.15) is 166 Å². The maximum atomic E-state index is 13.0. The lowest BCUT2D eigenvalue weighted by atomic mass is 9.96. The number of likely N-dealkylation sites (tertiary alicyclic amines) is 2. The molecule has 0 aromatic heterocycles. The topological polar surface area (TPSA) is 338 Å². The van der Waals surface area contributed by atoms with Crippen molar-refractivity contribution in [3.8, 4) is 0 Å². The van der Waals surface area contributed by atoms with Gasteiger partial charge in [-0.15, -0.1) is 12.4 Å². The molecule has 3 atom stereocenters. The van der Waals surface area contributed by atoms with Gasteiger partial charge in [-0.25, -0.2) is 9.59 Å². The Hall–Kier alpha value is -8.65. The summed E-state index contributed by atoms with van der Waals surface area (Å²) in [4.78, 5) is 151. The predicted molar refractivity (Wildman–Crippen MR) is 349 cm³/mol. The number of carbonyl (C=O) groups is 12. The molecule has 0 radical (unpaired) electrons. The molecular formula is C67H89ClN12O14. The second-order valence-corrected chi connectivity index (χ2v) is 27.0. The van der Waals surface area contributed by atoms with E-state index in [1.165, 1.54) is 4.90 Å². The van der Waals surface area contributed by atoms with Crippen LogP contribution in [0, 0.1) is 17.8 Å². The Morgan fingerprint density at radius 2 is 0.862 bits per heavy atom. The largest absolute Gasteiger partial charge is 0.444 e. The molecule has 11 amide bonds. The van der Waals surface area contributed by atoms with Gasteiger partial charge in [0.2, 0.25) is 35.4 Å². The quantitative estimate of drug-likeness (QED) is 0.0732. The van der Waals surface area contributed by atoms with Crippen molar-refractivity contribution in [1.82, 2.24) is 45.8 Å². The van der Waals surface area contributed by atoms with E-state index in [1.807, 2.05) is 71.9 Å². The Kier molecular flexibility index (Phi) is 23.5. The SMILES string of the molecule is CC(C)(C)OC(=O)N1CCC(C=O)CC1.CC(C)(C)OC(=O)N1CCC(CNc2cccc3c2CN(C2CCC(=O)NC2=O)C3=O)CC1.Cl.Nc1cccc2c1CN(C1CCC(=O)NC1=O)C2=O.O=C1CCC(N2Cc3c(NCC4CCNCC4)cccc3C2=O)C(=O)N1. The fourth-order valence-corrected chi connectivity index (χ4v) is 12.9. The van der Waals surface area contributed by atoms with Gasteiger partial charge in [0.25, 0.3) is 17.7 Å². The van der Waals surface area contributed by atoms with Gasteiger partial charge in [0.1, 0.15) is 35.6 Å². The van der Waals surface area contributed by atoms with Gasteiger partial charge in [0.15, 0.2) is 0 Å². The van der Waals surface area contributed by atoms with E-state index in [1.54, 1.807) is 43.9 Å². The van der Waals surface area contributed by atoms with E-state index in [0.717, 1.165) is 99.1 Å². The highest BCUT2D eigenvalue weighted by molar-refractivity contribution is 6.08. The molecule has 0 aliphatic carbocycles. The number of benzene rings is 3. The highest BCUT2D eigenvalue weighted by atomic mass is 35.5. The van der Waals surface area contributed by atoms with Crippen LogP contribution in [0.5, 0.6) is 0 Å². The summed E-state index contributed by atoms with van der Waals surface area (Å²) in [6.07, 6.45) is 7.90. The van der Waals surface area contributed by atoms with Gasteiger partial charge in [-0.3, -0.25) is 59.1 Å². The molecule has 26 nitrogen and oxygen atoms in total. The number of rotatable bonds is 10. The first-order chi connectivity index (χ1) is 44.2. The van der Waals surface area contributed by atoms with Crippen LogP contribution in [0.4, 0.5) is 26.7 Å². The van der Waals surface area contributed by atoms with Gasteiger partial charge in [-0.2, -0.15) is 0 Å². The summed E-state index contributed by atoms with van der Waals surface area (Å²) in [7, 11) is 0. The Bertz CT molecular complexity index is 3380. The smallest absolute Gasteiger partial charge is 0.410 e. The van der Waals surface area contributed by atoms with E-state index >= 15 is 0 Å². The van der Waals surface area contributed by atoms with Crippen molar-refractivity contribution in [2.24, 2.45) is 17.8 Å². The van der Waals surface area contributed by atoms with Gasteiger partial charge in [0.05, 0.1) is 0 Å². The third-order valence-corrected chi connectivity index (χ3v) is 18.1. The normalized spacial score (nSPS) is 21.7. The zero-order valence-electron chi connectivity index (χ0n) is 54.4. The number of hydrogen-bond donors (Lipinski definition) is 7. The Morgan fingerprint density at radius 3 is 1.22 bits per heavy atom. The number of aldehydes is 1. The van der Waals surface area contributed by atoms with Gasteiger partial charge in [-0.05, 0) is 161 Å². The molecule has 6 fully saturated rings. The van der Waals surface area contributed by atoms with E-state index in [2.05, 4.69) is 31.9 Å². The monoisotopic (exact) mass is 1320 g/mol. The minimum atomic E-state index is -0.618. The van der Waals surface area contributed by atoms with Gasteiger partial charge in [-0.1, -0.05) is 18.2 Å². The number of ether oxygens (including phenoxy) is 2. The number of nitrogens with two attached hydrogens (primary N) is 1. The molecule has 508 valence electrons. The average molecular weight is 1320 g/mol. The molecule has 9 aliphatic heterocycles. The lowest BCUT2D eigenvalue weighted by Gasteiger charge is -2.33. The van der Waals surface area contributed by atoms with Crippen molar-refractivity contribution >= 4 is 101 Å². The van der Waals surface area contributed by atoms with Crippen LogP contribution in [0.25, 0.3) is 0 Å². The van der Waals surface area contributed by atoms with Gasteiger partial charge in [0, 0.05) is 135 Å². The number of nitrogens with one attached hydrogen (secondary N) is 6. The average Bonchev–Trinajstić information content (AvgIpc) is 1.64. The van der Waals surface area contributed by atoms with Crippen molar-refractivity contribution in [3.63, 3.8) is 0 Å². The predicted octanol–water partition coefficient (Wildman–Crippen LogP) is 5.65. The second kappa shape index (κ2) is 31.1. The van der Waals surface area contributed by atoms with Crippen LogP contribution in [0.3, 0.4) is 0 Å². The van der Waals surface area contributed by atoms with Crippen LogP contribution in [0.2, 0.25) is 0 Å². The number of anilines is 3. The van der Waals surface area contributed by atoms with Crippen molar-refractivity contribution < 1.29 is 67.0 Å². The van der Waals surface area contributed by atoms with Gasteiger partial charge < -0.3 is 60.5 Å². The minimum absolute atomic E-state index is 0. The summed E-state index contributed by atoms with van der Waals surface area (Å²) in [5.41, 5.74) is 11.7. The summed E-state index contributed by atoms with van der Waals surface area (Å²) in [6, 6.07) is 14.7. The minimum Gasteiger partial charge on any atom is -0.444 e. The molecule has 3 aromatic carbocycles. The van der Waals surface area contributed by atoms with E-state index < -0.39 is 41.1 Å². The fourth-order valence-electron chi connectivity index (χ4n) is 12.9. The van der Waals surface area contributed by atoms with Crippen LogP contribution in [-0.2, 0) is 62.7 Å². The Morgan fingerprint density at radius 1 is 0.511 bits per heavy atom. The van der Waals surface area contributed by atoms with Crippen molar-refractivity contribution in [2.45, 2.75) is 168 Å². The molecule has 3 unspecified atom stereocenters. The van der Waals surface area contributed by atoms with E-state index in [-0.39, 0.29) is 91.1 Å². The molecule has 8 N–H and O–H groups in total. The molecule has 3 aromatic rings. The summed E-state index contributed by atoms with van der Waals surface area (Å²) in [5, 5.41) is 17.3. The third-order valence-electron chi connectivity index (χ3n) is 18.1. The second-order valence-electron chi connectivity index (χ2n) is 27.0. The number of hydrogen-bond acceptors (Lipinski definition) is 18. The molecule has 27 heteroatoms. The highest BCUT2D eigenvalue weighted by Gasteiger charge is 2.43. The molecular weight excluding hydrogens is 1230 g/mol. The van der Waals surface area contributed by atoms with E-state index in [9.17, 15) is 57.5 Å². The summed E-state index contributed by atoms with van der Waals surface area (Å²) in [5.74, 6) is -1.36. The number of carbonyl (C=O) groups excluding carboxylic acids is 12. The Balaban J connectivity index is 0.000000167. The fraction of sp³-hybridized carbons (Fsp3) is 0.552. The third kappa shape index (κ3) is 17.8. The first-order valence-electron chi connectivity index (χ1n) is 32.4. The standard InChI is InChI=1S/C24H32N4O5.C19H24N4O3.C13H13N3O3.C11H19NO3.ClH/c1-24(2,3)33-23(32)27-11-9-15(10-12-27)13-25-18-6-4-5-16-17(18)14-28(22(16)31)19-7-8-20(29)26-21(19)30;24-17-5-4-16(18(25)22-17)23-11-14-13(19(23)26)2-1-3-15(14)21-10-12-6-8-20-9-7-12;14-9-3-1-2-7-8(9)6-16(13(7)19)10-4-5-11(17)15-12(10)18;1-11(2,3)15-10(14)12-6-4-9(8-13)5-7-12;/h4-6,15,19,25H,7-14H2,1-3H3,(H,26,29,30);1-3,12,16,20-21H,4-11H2,(H,22,24,25);1-3,10H,4-6,14H2,(H,15,17,18);8-9H,4-7H2,1-3H3;1H. The molecule has 94 heavy (non-hydrogen) atoms. The summed E-state index contributed by atoms with van der Waals surface area (Å²) >= 11 is 0. The van der Waals surface area contributed by atoms with Crippen molar-refractivity contribution in [3.05, 3.63) is 88.0 Å². The molecule has 6 saturated heterocycles. The molecule has 12 rings (SSSR count). The number of amides is 11. The molecule has 0 spiro atoms. The molecule has 0 saturated carbocycles. The summed E-state index contributed by atoms with van der Waals surface area (Å²) < 4.78 is 10.7. The first-order valence-corrected chi connectivity index (χ1v) is 32.4. The number of halogens is 1. The highest BCUT2D eigenvalue weighted by Crippen LogP contribution is 2.36. The van der Waals surface area contributed by atoms with Crippen LogP contribution < -0.4 is 37.6 Å². The number of piperidine rings is 6. The number of imide groups is 3. The zero-order valence-corrected chi connectivity index (χ0v) is 55.3. The number of fused-ring (bicyclic) bond motifs is 3. The van der Waals surface area contributed by atoms with Crippen LogP contribution in [-0.4, -0.2) is 178 Å². The lowest BCUT2D eigenvalue weighted by molar-refractivity contribution is -0.138. The maximum absolute atomic E-state index is 13.0. The first kappa shape index (κ1) is 71.2. The molecule has 0 bridgehead atoms. The lowest BCUT2D eigenvalue weighted by Crippen LogP contribution is -2.52. The molecule has 9 aliphatic rings.